The third-order valence-electron chi connectivity index (χ3n) is 4.01. The smallest absolute Gasteiger partial charge is 0.0968 e. The second-order valence-electron chi connectivity index (χ2n) is 5.87. The Morgan fingerprint density at radius 1 is 1.33 bits per heavy atom. The Morgan fingerprint density at radius 2 is 1.87 bits per heavy atom. The number of amidine groups is 1. The fraction of sp³-hybridized carbons (Fsp3) is 0.923. The molecule has 2 heteroatoms. The van der Waals surface area contributed by atoms with Gasteiger partial charge in [-0.15, -0.1) is 0 Å². The molecule has 0 saturated heterocycles. The predicted octanol–water partition coefficient (Wildman–Crippen LogP) is 3.22. The maximum absolute atomic E-state index is 6.04. The van der Waals surface area contributed by atoms with Gasteiger partial charge >= 0.3 is 0 Å². The van der Waals surface area contributed by atoms with Crippen molar-refractivity contribution in [1.82, 2.24) is 0 Å². The van der Waals surface area contributed by atoms with Crippen molar-refractivity contribution < 1.29 is 0 Å². The average Bonchev–Trinajstić information content (AvgIpc) is 2.66. The van der Waals surface area contributed by atoms with Gasteiger partial charge in [0.2, 0.25) is 0 Å². The molecule has 0 bridgehead atoms. The second kappa shape index (κ2) is 5.00. The van der Waals surface area contributed by atoms with Crippen LogP contribution in [-0.2, 0) is 0 Å². The van der Waals surface area contributed by atoms with Crippen LogP contribution in [0.15, 0.2) is 4.99 Å². The lowest BCUT2D eigenvalue weighted by molar-refractivity contribution is 0.261. The van der Waals surface area contributed by atoms with Crippen molar-refractivity contribution in [2.45, 2.75) is 53.4 Å². The maximum Gasteiger partial charge on any atom is 0.0968 e. The van der Waals surface area contributed by atoms with Crippen LogP contribution in [0.5, 0.6) is 0 Å². The van der Waals surface area contributed by atoms with Crippen molar-refractivity contribution >= 4 is 5.84 Å². The first-order valence-corrected chi connectivity index (χ1v) is 6.23. The van der Waals surface area contributed by atoms with Crippen LogP contribution in [0.4, 0.5) is 0 Å². The number of hydrogen-bond acceptors (Lipinski definition) is 1. The summed E-state index contributed by atoms with van der Waals surface area (Å²) in [5, 5.41) is 0. The van der Waals surface area contributed by atoms with E-state index in [1.165, 1.54) is 25.7 Å². The predicted molar refractivity (Wildman–Crippen MR) is 67.1 cm³/mol. The third kappa shape index (κ3) is 3.51. The molecule has 1 aliphatic carbocycles. The summed E-state index contributed by atoms with van der Waals surface area (Å²) >= 11 is 0. The first-order chi connectivity index (χ1) is 6.93. The van der Waals surface area contributed by atoms with Crippen molar-refractivity contribution in [2.24, 2.45) is 28.0 Å². The van der Waals surface area contributed by atoms with E-state index in [2.05, 4.69) is 32.7 Å². The molecule has 0 amide bonds. The molecule has 2 nitrogen and oxygen atoms in total. The van der Waals surface area contributed by atoms with Gasteiger partial charge in [0.05, 0.1) is 5.84 Å². The summed E-state index contributed by atoms with van der Waals surface area (Å²) in [5.74, 6) is 2.13. The first-order valence-electron chi connectivity index (χ1n) is 6.23. The van der Waals surface area contributed by atoms with Crippen LogP contribution >= 0.6 is 0 Å². The zero-order valence-electron chi connectivity index (χ0n) is 10.7. The molecule has 0 heterocycles. The van der Waals surface area contributed by atoms with Gasteiger partial charge < -0.3 is 5.73 Å². The minimum absolute atomic E-state index is 0.267. The first kappa shape index (κ1) is 12.5. The van der Waals surface area contributed by atoms with Crippen LogP contribution in [0.2, 0.25) is 0 Å². The number of nitrogens with zero attached hydrogens (tertiary/aromatic N) is 1. The van der Waals surface area contributed by atoms with Gasteiger partial charge in [-0.05, 0) is 24.2 Å². The molecule has 1 aliphatic rings. The normalized spacial score (nSPS) is 20.2. The van der Waals surface area contributed by atoms with E-state index in [-0.39, 0.29) is 5.41 Å². The largest absolute Gasteiger partial charge is 0.387 e. The summed E-state index contributed by atoms with van der Waals surface area (Å²) in [6.45, 7) is 9.90. The molecular formula is C13H26N2. The lowest BCUT2D eigenvalue weighted by Gasteiger charge is -2.27. The van der Waals surface area contributed by atoms with E-state index in [4.69, 9.17) is 5.73 Å². The number of hydrogen-bond donors (Lipinski definition) is 1. The third-order valence-corrected chi connectivity index (χ3v) is 4.01. The van der Waals surface area contributed by atoms with Crippen molar-refractivity contribution in [1.29, 1.82) is 0 Å². The van der Waals surface area contributed by atoms with Gasteiger partial charge in [0.15, 0.2) is 0 Å². The second-order valence-corrected chi connectivity index (χ2v) is 5.87. The van der Waals surface area contributed by atoms with Crippen molar-refractivity contribution in [2.75, 3.05) is 6.54 Å². The fourth-order valence-corrected chi connectivity index (χ4v) is 1.83. The van der Waals surface area contributed by atoms with E-state index in [0.29, 0.717) is 11.8 Å². The van der Waals surface area contributed by atoms with Crippen LogP contribution in [0.3, 0.4) is 0 Å². The molecular weight excluding hydrogens is 184 g/mol. The van der Waals surface area contributed by atoms with E-state index in [9.17, 15) is 0 Å². The number of aliphatic imine (C=N–C) groups is 1. The van der Waals surface area contributed by atoms with Crippen molar-refractivity contribution in [3.63, 3.8) is 0 Å². The summed E-state index contributed by atoms with van der Waals surface area (Å²) in [4.78, 5) is 4.59. The molecule has 2 N–H and O–H groups in total. The van der Waals surface area contributed by atoms with E-state index < -0.39 is 0 Å². The molecule has 0 spiro atoms. The van der Waals surface area contributed by atoms with E-state index in [1.54, 1.807) is 0 Å². The highest BCUT2D eigenvalue weighted by atomic mass is 14.9. The van der Waals surface area contributed by atoms with E-state index in [0.717, 1.165) is 12.4 Å². The van der Waals surface area contributed by atoms with Gasteiger partial charge in [-0.2, -0.15) is 0 Å². The summed E-state index contributed by atoms with van der Waals surface area (Å²) in [6.07, 6.45) is 5.15. The Morgan fingerprint density at radius 3 is 2.33 bits per heavy atom. The minimum Gasteiger partial charge on any atom is -0.387 e. The molecule has 1 rings (SSSR count). The lowest BCUT2D eigenvalue weighted by Crippen LogP contribution is -2.27. The molecule has 0 radical (unpaired) electrons. The van der Waals surface area contributed by atoms with E-state index >= 15 is 0 Å². The van der Waals surface area contributed by atoms with Crippen LogP contribution in [0, 0.1) is 17.3 Å². The highest BCUT2D eigenvalue weighted by Crippen LogP contribution is 2.28. The molecule has 0 atom stereocenters. The monoisotopic (exact) mass is 210 g/mol. The molecule has 1 fully saturated rings. The van der Waals surface area contributed by atoms with Crippen molar-refractivity contribution in [3.05, 3.63) is 0 Å². The quantitative estimate of drug-likeness (QED) is 0.561. The van der Waals surface area contributed by atoms with Crippen LogP contribution in [0.25, 0.3) is 0 Å². The fourth-order valence-electron chi connectivity index (χ4n) is 1.83. The van der Waals surface area contributed by atoms with Gasteiger partial charge in [0.25, 0.3) is 0 Å². The number of nitrogens with two attached hydrogens (primary N) is 1. The molecule has 0 unspecified atom stereocenters. The summed E-state index contributed by atoms with van der Waals surface area (Å²) in [7, 11) is 0. The van der Waals surface area contributed by atoms with Crippen LogP contribution < -0.4 is 5.73 Å². The zero-order chi connectivity index (χ0) is 11.5. The van der Waals surface area contributed by atoms with Crippen LogP contribution in [-0.4, -0.2) is 12.4 Å². The Kier molecular flexibility index (Phi) is 4.18. The van der Waals surface area contributed by atoms with Gasteiger partial charge in [-0.3, -0.25) is 4.99 Å². The zero-order valence-corrected chi connectivity index (χ0v) is 10.7. The Balaban J connectivity index is 2.48. The minimum atomic E-state index is 0.267. The molecule has 1 saturated carbocycles. The highest BCUT2D eigenvalue weighted by Gasteiger charge is 2.23. The Hall–Kier alpha value is -0.530. The molecule has 15 heavy (non-hydrogen) atoms. The van der Waals surface area contributed by atoms with Gasteiger partial charge in [-0.1, -0.05) is 40.5 Å². The summed E-state index contributed by atoms with van der Waals surface area (Å²) in [6, 6.07) is 0. The SMILES string of the molecule is CC(C)C(C)(C)CN=C(N)C1CCCC1. The Labute approximate surface area is 94.3 Å². The van der Waals surface area contributed by atoms with Gasteiger partial charge in [0.1, 0.15) is 0 Å². The average molecular weight is 210 g/mol. The summed E-state index contributed by atoms with van der Waals surface area (Å²) < 4.78 is 0. The summed E-state index contributed by atoms with van der Waals surface area (Å²) in [5.41, 5.74) is 6.30. The standard InChI is InChI=1S/C13H26N2/c1-10(2)13(3,4)9-15-12(14)11-7-5-6-8-11/h10-11H,5-9H2,1-4H3,(H2,14,15). The number of rotatable bonds is 4. The maximum atomic E-state index is 6.04. The molecule has 0 aromatic carbocycles. The molecule has 0 aromatic heterocycles. The molecule has 0 aromatic rings. The topological polar surface area (TPSA) is 38.4 Å². The van der Waals surface area contributed by atoms with Gasteiger partial charge in [-0.25, -0.2) is 0 Å². The lowest BCUT2D eigenvalue weighted by atomic mass is 9.81. The van der Waals surface area contributed by atoms with Gasteiger partial charge in [0, 0.05) is 12.5 Å². The molecule has 0 aliphatic heterocycles. The Bertz CT molecular complexity index is 223. The highest BCUT2D eigenvalue weighted by molar-refractivity contribution is 5.83. The van der Waals surface area contributed by atoms with E-state index in [1.807, 2.05) is 0 Å². The molecule has 88 valence electrons. The van der Waals surface area contributed by atoms with Crippen molar-refractivity contribution in [3.8, 4) is 0 Å². The van der Waals surface area contributed by atoms with Crippen LogP contribution in [0.1, 0.15) is 53.4 Å².